The number of halogens is 1. The van der Waals surface area contributed by atoms with Gasteiger partial charge in [-0.2, -0.15) is 4.31 Å². The number of carbonyl (C=O) groups excluding carboxylic acids is 1. The number of fused-ring (bicyclic) bond motifs is 1. The van der Waals surface area contributed by atoms with Crippen molar-refractivity contribution in [3.63, 3.8) is 0 Å². The van der Waals surface area contributed by atoms with E-state index in [1.165, 1.54) is 7.05 Å². The van der Waals surface area contributed by atoms with Crippen molar-refractivity contribution >= 4 is 32.7 Å². The number of nitrogens with zero attached hydrogens (tertiary/aromatic N) is 3. The third-order valence-electron chi connectivity index (χ3n) is 3.90. The van der Waals surface area contributed by atoms with Crippen LogP contribution in [-0.4, -0.2) is 41.8 Å². The number of hydrogen-bond donors (Lipinski definition) is 1. The largest absolute Gasteiger partial charge is 0.334 e. The Labute approximate surface area is 150 Å². The average molecular weight is 376 g/mol. The number of aryl methyl sites for hydroxylation is 1. The summed E-state index contributed by atoms with van der Waals surface area (Å²) in [5.41, 5.74) is 2.18. The van der Waals surface area contributed by atoms with Gasteiger partial charge in [0, 0.05) is 19.8 Å². The number of sulfonamides is 1. The summed E-state index contributed by atoms with van der Waals surface area (Å²) in [6.07, 6.45) is 1.67. The summed E-state index contributed by atoms with van der Waals surface area (Å²) in [7, 11) is -0.752. The van der Waals surface area contributed by atoms with Crippen LogP contribution in [0.5, 0.6) is 0 Å². The molecule has 0 atom stereocenters. The summed E-state index contributed by atoms with van der Waals surface area (Å²) in [5.74, 6) is -1.02. The van der Waals surface area contributed by atoms with E-state index in [1.807, 2.05) is 11.6 Å². The average Bonchev–Trinajstić information content (AvgIpc) is 2.96. The molecule has 9 heteroatoms. The zero-order valence-corrected chi connectivity index (χ0v) is 15.0. The number of benzene rings is 2. The maximum atomic E-state index is 13.0. The fraction of sp³-hybridized carbons (Fsp3) is 0.176. The molecule has 136 valence electrons. The second-order valence-corrected chi connectivity index (χ2v) is 7.87. The zero-order valence-electron chi connectivity index (χ0n) is 14.2. The van der Waals surface area contributed by atoms with Crippen LogP contribution in [0.3, 0.4) is 0 Å². The third kappa shape index (κ3) is 3.58. The number of carbonyl (C=O) groups is 1. The van der Waals surface area contributed by atoms with Gasteiger partial charge in [0.25, 0.3) is 0 Å². The van der Waals surface area contributed by atoms with Gasteiger partial charge in [-0.1, -0.05) is 0 Å². The molecule has 2 aromatic carbocycles. The summed E-state index contributed by atoms with van der Waals surface area (Å²) < 4.78 is 40.6. The molecule has 3 rings (SSSR count). The van der Waals surface area contributed by atoms with Crippen molar-refractivity contribution in [1.82, 2.24) is 13.9 Å². The van der Waals surface area contributed by atoms with Gasteiger partial charge in [-0.3, -0.25) is 4.79 Å². The van der Waals surface area contributed by atoms with E-state index < -0.39 is 21.7 Å². The van der Waals surface area contributed by atoms with Crippen LogP contribution in [0.2, 0.25) is 0 Å². The first-order valence-corrected chi connectivity index (χ1v) is 9.14. The summed E-state index contributed by atoms with van der Waals surface area (Å²) in [4.78, 5) is 16.3. The lowest BCUT2D eigenvalue weighted by Crippen LogP contribution is -2.34. The lowest BCUT2D eigenvalue weighted by molar-refractivity contribution is -0.116. The molecule has 1 aromatic heterocycles. The van der Waals surface area contributed by atoms with Gasteiger partial charge in [0.15, 0.2) is 0 Å². The van der Waals surface area contributed by atoms with Gasteiger partial charge in [-0.05, 0) is 42.5 Å². The first kappa shape index (κ1) is 18.0. The molecule has 0 radical (unpaired) electrons. The van der Waals surface area contributed by atoms with Crippen LogP contribution in [0.25, 0.3) is 11.0 Å². The van der Waals surface area contributed by atoms with Gasteiger partial charge >= 0.3 is 0 Å². The minimum Gasteiger partial charge on any atom is -0.334 e. The first-order chi connectivity index (χ1) is 12.3. The van der Waals surface area contributed by atoms with Crippen molar-refractivity contribution in [2.75, 3.05) is 18.9 Å². The Morgan fingerprint density at radius 2 is 1.92 bits per heavy atom. The Morgan fingerprint density at radius 1 is 1.23 bits per heavy atom. The van der Waals surface area contributed by atoms with Gasteiger partial charge in [0.05, 0.1) is 28.8 Å². The van der Waals surface area contributed by atoms with Crippen LogP contribution in [0, 0.1) is 5.82 Å². The first-order valence-electron chi connectivity index (χ1n) is 7.70. The second-order valence-electron chi connectivity index (χ2n) is 5.82. The maximum absolute atomic E-state index is 13.0. The van der Waals surface area contributed by atoms with Crippen LogP contribution >= 0.6 is 0 Å². The summed E-state index contributed by atoms with van der Waals surface area (Å²) >= 11 is 0. The lowest BCUT2D eigenvalue weighted by Gasteiger charge is -2.17. The molecule has 0 spiro atoms. The highest BCUT2D eigenvalue weighted by Crippen LogP contribution is 2.18. The molecule has 1 N–H and O–H groups in total. The zero-order chi connectivity index (χ0) is 18.9. The number of nitrogens with one attached hydrogen (secondary N) is 1. The van der Waals surface area contributed by atoms with Crippen molar-refractivity contribution in [2.24, 2.45) is 7.05 Å². The molecule has 0 aliphatic heterocycles. The number of amides is 1. The van der Waals surface area contributed by atoms with Gasteiger partial charge < -0.3 is 9.88 Å². The Morgan fingerprint density at radius 3 is 2.62 bits per heavy atom. The standard InChI is InChI=1S/C17H17FN4O3S/c1-21-11-19-15-8-5-13(9-16(15)21)20-17(23)10-22(2)26(24,25)14-6-3-12(18)4-7-14/h3-9,11H,10H2,1-2H3,(H,20,23). The van der Waals surface area contributed by atoms with E-state index in [0.717, 1.165) is 39.6 Å². The number of anilines is 1. The van der Waals surface area contributed by atoms with Crippen LogP contribution in [0.1, 0.15) is 0 Å². The molecule has 1 heterocycles. The third-order valence-corrected chi connectivity index (χ3v) is 5.71. The molecule has 3 aromatic rings. The number of likely N-dealkylation sites (N-methyl/N-ethyl adjacent to an activating group) is 1. The Bertz CT molecular complexity index is 1060. The predicted octanol–water partition coefficient (Wildman–Crippen LogP) is 1.97. The van der Waals surface area contributed by atoms with Crippen molar-refractivity contribution in [3.8, 4) is 0 Å². The second kappa shape index (κ2) is 6.85. The van der Waals surface area contributed by atoms with Crippen LogP contribution in [0.4, 0.5) is 10.1 Å². The fourth-order valence-electron chi connectivity index (χ4n) is 2.48. The smallest absolute Gasteiger partial charge is 0.243 e. The minimum atomic E-state index is -3.88. The minimum absolute atomic E-state index is 0.0782. The molecular formula is C17H17FN4O3S. The molecular weight excluding hydrogens is 359 g/mol. The maximum Gasteiger partial charge on any atom is 0.243 e. The molecule has 0 aliphatic rings. The van der Waals surface area contributed by atoms with E-state index in [9.17, 15) is 17.6 Å². The van der Waals surface area contributed by atoms with Gasteiger partial charge in [0.1, 0.15) is 5.82 Å². The van der Waals surface area contributed by atoms with E-state index in [1.54, 1.807) is 24.5 Å². The molecule has 0 aliphatic carbocycles. The van der Waals surface area contributed by atoms with Gasteiger partial charge in [0.2, 0.25) is 15.9 Å². The molecule has 0 fully saturated rings. The molecule has 26 heavy (non-hydrogen) atoms. The van der Waals surface area contributed by atoms with E-state index in [2.05, 4.69) is 10.3 Å². The van der Waals surface area contributed by atoms with Crippen molar-refractivity contribution in [3.05, 3.63) is 54.6 Å². The number of aromatic nitrogens is 2. The predicted molar refractivity (Wildman–Crippen MR) is 95.6 cm³/mol. The highest BCUT2D eigenvalue weighted by molar-refractivity contribution is 7.89. The molecule has 7 nitrogen and oxygen atoms in total. The Hall–Kier alpha value is -2.78. The Balaban J connectivity index is 1.71. The number of imidazole rings is 1. The normalized spacial score (nSPS) is 11.8. The van der Waals surface area contributed by atoms with E-state index in [0.29, 0.717) is 5.69 Å². The monoisotopic (exact) mass is 376 g/mol. The fourth-order valence-corrected chi connectivity index (χ4v) is 3.61. The molecule has 0 saturated heterocycles. The van der Waals surface area contributed by atoms with Crippen LogP contribution < -0.4 is 5.32 Å². The topological polar surface area (TPSA) is 84.3 Å². The van der Waals surface area contributed by atoms with Gasteiger partial charge in [-0.25, -0.2) is 17.8 Å². The van der Waals surface area contributed by atoms with Crippen molar-refractivity contribution in [2.45, 2.75) is 4.90 Å². The summed E-state index contributed by atoms with van der Waals surface area (Å²) in [5, 5.41) is 2.67. The quantitative estimate of drug-likeness (QED) is 0.738. The highest BCUT2D eigenvalue weighted by Gasteiger charge is 2.23. The van der Waals surface area contributed by atoms with E-state index in [-0.39, 0.29) is 11.4 Å². The lowest BCUT2D eigenvalue weighted by atomic mass is 10.2. The Kier molecular flexibility index (Phi) is 4.75. The summed E-state index contributed by atoms with van der Waals surface area (Å²) in [6, 6.07) is 9.67. The van der Waals surface area contributed by atoms with Crippen molar-refractivity contribution < 1.29 is 17.6 Å². The number of hydrogen-bond acceptors (Lipinski definition) is 4. The number of rotatable bonds is 5. The SMILES string of the molecule is CN(CC(=O)Nc1ccc2ncn(C)c2c1)S(=O)(=O)c1ccc(F)cc1. The van der Waals surface area contributed by atoms with Crippen LogP contribution in [0.15, 0.2) is 53.7 Å². The van der Waals surface area contributed by atoms with E-state index in [4.69, 9.17) is 0 Å². The molecule has 0 unspecified atom stereocenters. The van der Waals surface area contributed by atoms with Crippen molar-refractivity contribution in [1.29, 1.82) is 0 Å². The molecule has 1 amide bonds. The molecule has 0 saturated carbocycles. The van der Waals surface area contributed by atoms with Gasteiger partial charge in [-0.15, -0.1) is 0 Å². The van der Waals surface area contributed by atoms with Crippen LogP contribution in [-0.2, 0) is 21.9 Å². The highest BCUT2D eigenvalue weighted by atomic mass is 32.2. The van der Waals surface area contributed by atoms with E-state index >= 15 is 0 Å². The molecule has 0 bridgehead atoms. The summed E-state index contributed by atoms with van der Waals surface area (Å²) in [6.45, 7) is -0.372.